The standard InChI is InChI=1S/C12H15ClNO/c1-8-10-6-5-9(13)7-11(10)14(15-8)12(2,3)4/h5-7H,1-4H3/q+1. The second kappa shape index (κ2) is 3.24. The summed E-state index contributed by atoms with van der Waals surface area (Å²) in [7, 11) is 0. The predicted octanol–water partition coefficient (Wildman–Crippen LogP) is 3.44. The third-order valence-corrected chi connectivity index (χ3v) is 2.63. The number of nitrogens with zero attached hydrogens (tertiary/aromatic N) is 1. The Hall–Kier alpha value is -1.02. The summed E-state index contributed by atoms with van der Waals surface area (Å²) >= 11 is 5.99. The van der Waals surface area contributed by atoms with Crippen LogP contribution in [0, 0.1) is 6.92 Å². The topological polar surface area (TPSA) is 17.0 Å². The maximum Gasteiger partial charge on any atom is 0.264 e. The quantitative estimate of drug-likeness (QED) is 0.627. The molecule has 0 N–H and O–H groups in total. The monoisotopic (exact) mass is 224 g/mol. The van der Waals surface area contributed by atoms with Crippen LogP contribution in [-0.2, 0) is 5.54 Å². The number of fused-ring (bicyclic) bond motifs is 1. The highest BCUT2D eigenvalue weighted by molar-refractivity contribution is 6.31. The van der Waals surface area contributed by atoms with E-state index in [1.54, 1.807) is 0 Å². The van der Waals surface area contributed by atoms with Gasteiger partial charge in [-0.25, -0.2) is 4.52 Å². The highest BCUT2D eigenvalue weighted by Gasteiger charge is 2.31. The molecule has 0 aliphatic heterocycles. The lowest BCUT2D eigenvalue weighted by molar-refractivity contribution is -0.888. The van der Waals surface area contributed by atoms with Crippen LogP contribution < -0.4 is 4.74 Å². The van der Waals surface area contributed by atoms with Gasteiger partial charge in [-0.15, -0.1) is 0 Å². The number of rotatable bonds is 0. The lowest BCUT2D eigenvalue weighted by Crippen LogP contribution is -2.48. The maximum atomic E-state index is 5.99. The maximum absolute atomic E-state index is 5.99. The Kier molecular flexibility index (Phi) is 2.27. The van der Waals surface area contributed by atoms with Gasteiger partial charge in [0.1, 0.15) is 0 Å². The minimum absolute atomic E-state index is 0.0722. The van der Waals surface area contributed by atoms with Crippen LogP contribution in [0.25, 0.3) is 10.9 Å². The molecule has 0 aliphatic rings. The summed E-state index contributed by atoms with van der Waals surface area (Å²) in [5.41, 5.74) is 0.976. The van der Waals surface area contributed by atoms with Crippen molar-refractivity contribution in [1.82, 2.24) is 0 Å². The van der Waals surface area contributed by atoms with Gasteiger partial charge in [-0.2, -0.15) is 0 Å². The van der Waals surface area contributed by atoms with Crippen LogP contribution in [0.2, 0.25) is 5.02 Å². The molecule has 0 spiro atoms. The second-order valence-corrected chi connectivity index (χ2v) is 5.21. The molecule has 15 heavy (non-hydrogen) atoms. The number of aryl methyl sites for hydroxylation is 1. The summed E-state index contributed by atoms with van der Waals surface area (Å²) in [5.74, 6) is 0.927. The SMILES string of the molecule is Cc1o[n+](C(C)(C)C)c2cc(Cl)ccc12. The summed E-state index contributed by atoms with van der Waals surface area (Å²) < 4.78 is 7.65. The summed E-state index contributed by atoms with van der Waals surface area (Å²) in [6.07, 6.45) is 0. The highest BCUT2D eigenvalue weighted by Crippen LogP contribution is 2.22. The van der Waals surface area contributed by atoms with Gasteiger partial charge in [-0.3, -0.25) is 0 Å². The van der Waals surface area contributed by atoms with Gasteiger partial charge in [-0.1, -0.05) is 11.6 Å². The fourth-order valence-electron chi connectivity index (χ4n) is 1.70. The lowest BCUT2D eigenvalue weighted by atomic mass is 10.1. The molecule has 0 fully saturated rings. The summed E-state index contributed by atoms with van der Waals surface area (Å²) in [6.45, 7) is 8.29. The number of hydrogen-bond donors (Lipinski definition) is 0. The second-order valence-electron chi connectivity index (χ2n) is 4.77. The summed E-state index contributed by atoms with van der Waals surface area (Å²) in [5, 5.41) is 1.86. The van der Waals surface area contributed by atoms with Crippen molar-refractivity contribution >= 4 is 22.5 Å². The van der Waals surface area contributed by atoms with Gasteiger partial charge in [0.15, 0.2) is 5.76 Å². The number of aromatic nitrogens is 1. The normalized spacial score (nSPS) is 12.3. The smallest absolute Gasteiger partial charge is 0.240 e. The van der Waals surface area contributed by atoms with Crippen molar-refractivity contribution in [1.29, 1.82) is 0 Å². The first-order valence-electron chi connectivity index (χ1n) is 5.01. The Bertz CT molecular complexity index is 508. The first kappa shape index (κ1) is 10.5. The zero-order valence-electron chi connectivity index (χ0n) is 9.47. The molecular formula is C12H15ClNO+. The molecule has 1 aromatic heterocycles. The van der Waals surface area contributed by atoms with Gasteiger partial charge in [0.05, 0.1) is 5.39 Å². The first-order chi connectivity index (χ1) is 6.89. The van der Waals surface area contributed by atoms with Crippen LogP contribution in [0.3, 0.4) is 0 Å². The highest BCUT2D eigenvalue weighted by atomic mass is 35.5. The molecule has 0 radical (unpaired) electrons. The van der Waals surface area contributed by atoms with Gasteiger partial charge >= 0.3 is 0 Å². The number of halogens is 1. The molecule has 1 heterocycles. The molecule has 2 aromatic rings. The molecule has 0 aliphatic carbocycles. The Morgan fingerprint density at radius 1 is 1.27 bits per heavy atom. The van der Waals surface area contributed by atoms with Gasteiger partial charge in [0.25, 0.3) is 5.52 Å². The molecule has 2 nitrogen and oxygen atoms in total. The van der Waals surface area contributed by atoms with Crippen molar-refractivity contribution in [3.63, 3.8) is 0 Å². The molecule has 0 amide bonds. The predicted molar refractivity (Wildman–Crippen MR) is 61.2 cm³/mol. The van der Waals surface area contributed by atoms with E-state index in [2.05, 4.69) is 20.8 Å². The van der Waals surface area contributed by atoms with Crippen LogP contribution in [0.4, 0.5) is 0 Å². The lowest BCUT2D eigenvalue weighted by Gasteiger charge is -2.06. The van der Waals surface area contributed by atoms with E-state index < -0.39 is 0 Å². The Morgan fingerprint density at radius 2 is 1.93 bits per heavy atom. The average molecular weight is 225 g/mol. The fraction of sp³-hybridized carbons (Fsp3) is 0.417. The molecule has 2 rings (SSSR count). The van der Waals surface area contributed by atoms with Gasteiger partial charge in [0, 0.05) is 38.8 Å². The molecule has 0 saturated carbocycles. The molecular weight excluding hydrogens is 210 g/mol. The van der Waals surface area contributed by atoms with Crippen LogP contribution in [0.5, 0.6) is 0 Å². The van der Waals surface area contributed by atoms with Crippen LogP contribution in [0.1, 0.15) is 26.5 Å². The summed E-state index contributed by atoms with van der Waals surface area (Å²) in [6, 6.07) is 5.83. The molecule has 3 heteroatoms. The van der Waals surface area contributed by atoms with Crippen molar-refractivity contribution in [2.45, 2.75) is 33.2 Å². The number of benzene rings is 1. The van der Waals surface area contributed by atoms with Crippen molar-refractivity contribution in [3.8, 4) is 0 Å². The van der Waals surface area contributed by atoms with Crippen molar-refractivity contribution in [3.05, 3.63) is 29.0 Å². The van der Waals surface area contributed by atoms with Gasteiger partial charge in [0.2, 0.25) is 5.54 Å². The Morgan fingerprint density at radius 3 is 2.53 bits per heavy atom. The fourth-order valence-corrected chi connectivity index (χ4v) is 1.87. The van der Waals surface area contributed by atoms with Gasteiger partial charge in [-0.05, 0) is 16.9 Å². The van der Waals surface area contributed by atoms with Crippen LogP contribution >= 0.6 is 11.6 Å². The van der Waals surface area contributed by atoms with E-state index in [1.165, 1.54) is 0 Å². The molecule has 0 bridgehead atoms. The zero-order valence-corrected chi connectivity index (χ0v) is 10.2. The Balaban J connectivity index is 2.81. The summed E-state index contributed by atoms with van der Waals surface area (Å²) in [4.78, 5) is 0. The van der Waals surface area contributed by atoms with Crippen LogP contribution in [-0.4, -0.2) is 0 Å². The zero-order chi connectivity index (χ0) is 11.2. The van der Waals surface area contributed by atoms with Crippen molar-refractivity contribution < 1.29 is 9.26 Å². The van der Waals surface area contributed by atoms with E-state index >= 15 is 0 Å². The Labute approximate surface area is 94.4 Å². The third kappa shape index (κ3) is 1.74. The number of hydrogen-bond acceptors (Lipinski definition) is 1. The molecule has 80 valence electrons. The van der Waals surface area contributed by atoms with E-state index in [0.717, 1.165) is 21.7 Å². The van der Waals surface area contributed by atoms with Crippen molar-refractivity contribution in [2.75, 3.05) is 0 Å². The van der Waals surface area contributed by atoms with E-state index in [-0.39, 0.29) is 5.54 Å². The molecule has 1 aromatic carbocycles. The minimum atomic E-state index is -0.0722. The van der Waals surface area contributed by atoms with E-state index in [1.807, 2.05) is 29.9 Å². The van der Waals surface area contributed by atoms with E-state index in [4.69, 9.17) is 16.1 Å². The average Bonchev–Trinajstić information content (AvgIpc) is 2.42. The third-order valence-electron chi connectivity index (χ3n) is 2.40. The van der Waals surface area contributed by atoms with Crippen LogP contribution in [0.15, 0.2) is 22.7 Å². The largest absolute Gasteiger partial charge is 0.264 e. The molecule has 0 unspecified atom stereocenters. The van der Waals surface area contributed by atoms with Gasteiger partial charge < -0.3 is 0 Å². The molecule has 0 saturated heterocycles. The van der Waals surface area contributed by atoms with Crippen molar-refractivity contribution in [2.24, 2.45) is 0 Å². The first-order valence-corrected chi connectivity index (χ1v) is 5.39. The molecule has 0 atom stereocenters. The van der Waals surface area contributed by atoms with E-state index in [9.17, 15) is 0 Å². The minimum Gasteiger partial charge on any atom is -0.240 e. The van der Waals surface area contributed by atoms with E-state index in [0.29, 0.717) is 0 Å².